The van der Waals surface area contributed by atoms with Crippen molar-refractivity contribution in [3.8, 4) is 0 Å². The molecule has 0 atom stereocenters. The Kier molecular flexibility index (Phi) is 2.28. The van der Waals surface area contributed by atoms with Gasteiger partial charge in [0.1, 0.15) is 0 Å². The van der Waals surface area contributed by atoms with E-state index in [-0.39, 0.29) is 11.8 Å². The van der Waals surface area contributed by atoms with Gasteiger partial charge in [-0.3, -0.25) is 0 Å². The Morgan fingerprint density at radius 2 is 2.21 bits per heavy atom. The summed E-state index contributed by atoms with van der Waals surface area (Å²) in [6.07, 6.45) is 1.50. The second-order valence-electron chi connectivity index (χ2n) is 3.28. The first-order chi connectivity index (χ1) is 6.58. The summed E-state index contributed by atoms with van der Waals surface area (Å²) in [4.78, 5) is 0. The molecule has 6 nitrogen and oxygen atoms in total. The highest BCUT2D eigenvalue weighted by molar-refractivity contribution is 7.90. The zero-order valence-electron chi connectivity index (χ0n) is 7.73. The van der Waals surface area contributed by atoms with Crippen molar-refractivity contribution in [3.05, 3.63) is 11.8 Å². The Labute approximate surface area is 81.8 Å². The molecular weight excluding hydrogens is 206 g/mol. The van der Waals surface area contributed by atoms with Gasteiger partial charge in [0.15, 0.2) is 0 Å². The van der Waals surface area contributed by atoms with E-state index in [1.54, 1.807) is 6.92 Å². The van der Waals surface area contributed by atoms with Crippen molar-refractivity contribution >= 4 is 10.0 Å². The standard InChI is InChI=1S/C7H11N3O3S/c1-5-9-10-7(13-5)4-8-14(11,12)6-2-3-6/h6,8H,2-4H2,1H3. The van der Waals surface area contributed by atoms with E-state index in [1.165, 1.54) is 0 Å². The Morgan fingerprint density at radius 1 is 1.50 bits per heavy atom. The lowest BCUT2D eigenvalue weighted by Crippen LogP contribution is -2.26. The van der Waals surface area contributed by atoms with Gasteiger partial charge in [-0.05, 0) is 12.8 Å². The van der Waals surface area contributed by atoms with Crippen molar-refractivity contribution in [3.63, 3.8) is 0 Å². The van der Waals surface area contributed by atoms with Crippen LogP contribution in [0.15, 0.2) is 4.42 Å². The molecule has 1 aromatic heterocycles. The number of hydrogen-bond acceptors (Lipinski definition) is 5. The van der Waals surface area contributed by atoms with Gasteiger partial charge in [-0.1, -0.05) is 0 Å². The molecule has 1 aliphatic carbocycles. The molecule has 2 rings (SSSR count). The molecule has 0 bridgehead atoms. The highest BCUT2D eigenvalue weighted by Crippen LogP contribution is 2.27. The van der Waals surface area contributed by atoms with Crippen LogP contribution in [-0.4, -0.2) is 23.9 Å². The second kappa shape index (κ2) is 3.32. The molecule has 0 saturated heterocycles. The first kappa shape index (κ1) is 9.60. The van der Waals surface area contributed by atoms with E-state index in [4.69, 9.17) is 4.42 Å². The van der Waals surface area contributed by atoms with Gasteiger partial charge in [0.05, 0.1) is 11.8 Å². The maximum atomic E-state index is 11.4. The fraction of sp³-hybridized carbons (Fsp3) is 0.714. The summed E-state index contributed by atoms with van der Waals surface area (Å²) in [5, 5.41) is 7.07. The van der Waals surface area contributed by atoms with Crippen LogP contribution in [-0.2, 0) is 16.6 Å². The van der Waals surface area contributed by atoms with Crippen LogP contribution in [0.5, 0.6) is 0 Å². The molecule has 0 amide bonds. The zero-order valence-corrected chi connectivity index (χ0v) is 8.54. The second-order valence-corrected chi connectivity index (χ2v) is 5.33. The van der Waals surface area contributed by atoms with Crippen molar-refractivity contribution in [1.29, 1.82) is 0 Å². The molecule has 0 unspecified atom stereocenters. The lowest BCUT2D eigenvalue weighted by atomic mass is 10.7. The first-order valence-electron chi connectivity index (χ1n) is 4.35. The average molecular weight is 217 g/mol. The Hall–Kier alpha value is -0.950. The lowest BCUT2D eigenvalue weighted by Gasteiger charge is -2.00. The molecule has 0 radical (unpaired) electrons. The van der Waals surface area contributed by atoms with Gasteiger partial charge < -0.3 is 4.42 Å². The summed E-state index contributed by atoms with van der Waals surface area (Å²) in [6.45, 7) is 1.74. The minimum Gasteiger partial charge on any atom is -0.424 e. The van der Waals surface area contributed by atoms with Gasteiger partial charge >= 0.3 is 0 Å². The summed E-state index contributed by atoms with van der Waals surface area (Å²) in [7, 11) is -3.15. The predicted octanol–water partition coefficient (Wildman–Crippen LogP) is -0.0402. The van der Waals surface area contributed by atoms with Crippen LogP contribution in [0.3, 0.4) is 0 Å². The minimum absolute atomic E-state index is 0.0830. The van der Waals surface area contributed by atoms with Crippen LogP contribution >= 0.6 is 0 Å². The van der Waals surface area contributed by atoms with Crippen molar-refractivity contribution in [2.24, 2.45) is 0 Å². The van der Waals surface area contributed by atoms with Crippen molar-refractivity contribution in [1.82, 2.24) is 14.9 Å². The summed E-state index contributed by atoms with van der Waals surface area (Å²) < 4.78 is 30.2. The Balaban J connectivity index is 1.94. The molecular formula is C7H11N3O3S. The quantitative estimate of drug-likeness (QED) is 0.764. The lowest BCUT2D eigenvalue weighted by molar-refractivity contribution is 0.460. The van der Waals surface area contributed by atoms with Gasteiger partial charge in [0.25, 0.3) is 0 Å². The number of aromatic nitrogens is 2. The van der Waals surface area contributed by atoms with E-state index in [2.05, 4.69) is 14.9 Å². The molecule has 1 heterocycles. The topological polar surface area (TPSA) is 85.1 Å². The summed E-state index contributed by atoms with van der Waals surface area (Å²) in [5.41, 5.74) is 0. The third-order valence-electron chi connectivity index (χ3n) is 1.96. The smallest absolute Gasteiger partial charge is 0.231 e. The Morgan fingerprint density at radius 3 is 2.71 bits per heavy atom. The summed E-state index contributed by atoms with van der Waals surface area (Å²) >= 11 is 0. The zero-order chi connectivity index (χ0) is 10.2. The molecule has 1 saturated carbocycles. The number of nitrogens with zero attached hydrogens (tertiary/aromatic N) is 2. The number of aryl methyl sites for hydroxylation is 1. The fourth-order valence-corrected chi connectivity index (χ4v) is 2.38. The van der Waals surface area contributed by atoms with E-state index in [0.717, 1.165) is 12.8 Å². The highest BCUT2D eigenvalue weighted by Gasteiger charge is 2.35. The number of rotatable bonds is 4. The monoisotopic (exact) mass is 217 g/mol. The van der Waals surface area contributed by atoms with Gasteiger partial charge in [-0.25, -0.2) is 13.1 Å². The highest BCUT2D eigenvalue weighted by atomic mass is 32.2. The molecule has 14 heavy (non-hydrogen) atoms. The SMILES string of the molecule is Cc1nnc(CNS(=O)(=O)C2CC2)o1. The van der Waals surface area contributed by atoms with E-state index >= 15 is 0 Å². The molecule has 0 spiro atoms. The number of hydrogen-bond donors (Lipinski definition) is 1. The Bertz CT molecular complexity index is 421. The average Bonchev–Trinajstić information content (AvgIpc) is 2.89. The van der Waals surface area contributed by atoms with E-state index < -0.39 is 10.0 Å². The van der Waals surface area contributed by atoms with Crippen LogP contribution in [0.1, 0.15) is 24.6 Å². The van der Waals surface area contributed by atoms with Gasteiger partial charge in [-0.15, -0.1) is 10.2 Å². The molecule has 78 valence electrons. The maximum absolute atomic E-state index is 11.4. The number of sulfonamides is 1. The van der Waals surface area contributed by atoms with Crippen LogP contribution in [0.25, 0.3) is 0 Å². The van der Waals surface area contributed by atoms with Gasteiger partial charge in [0.2, 0.25) is 21.8 Å². The van der Waals surface area contributed by atoms with E-state index in [0.29, 0.717) is 11.8 Å². The van der Waals surface area contributed by atoms with Crippen LogP contribution in [0, 0.1) is 6.92 Å². The molecule has 1 aromatic rings. The third-order valence-corrected chi connectivity index (χ3v) is 3.85. The predicted molar refractivity (Wildman–Crippen MR) is 47.8 cm³/mol. The first-order valence-corrected chi connectivity index (χ1v) is 5.90. The maximum Gasteiger partial charge on any atom is 0.231 e. The van der Waals surface area contributed by atoms with Crippen LogP contribution in [0.2, 0.25) is 0 Å². The molecule has 0 aromatic carbocycles. The number of nitrogens with one attached hydrogen (secondary N) is 1. The summed E-state index contributed by atoms with van der Waals surface area (Å²) in [6, 6.07) is 0. The van der Waals surface area contributed by atoms with Crippen molar-refractivity contribution in [2.75, 3.05) is 0 Å². The van der Waals surface area contributed by atoms with Crippen LogP contribution < -0.4 is 4.72 Å². The van der Waals surface area contributed by atoms with Gasteiger partial charge in [-0.2, -0.15) is 0 Å². The molecule has 0 aliphatic heterocycles. The van der Waals surface area contributed by atoms with E-state index in [9.17, 15) is 8.42 Å². The molecule has 1 fully saturated rings. The fourth-order valence-electron chi connectivity index (χ4n) is 1.07. The van der Waals surface area contributed by atoms with Gasteiger partial charge in [0, 0.05) is 6.92 Å². The van der Waals surface area contributed by atoms with E-state index in [1.807, 2.05) is 0 Å². The largest absolute Gasteiger partial charge is 0.424 e. The van der Waals surface area contributed by atoms with Crippen molar-refractivity contribution in [2.45, 2.75) is 31.6 Å². The normalized spacial score (nSPS) is 17.2. The summed E-state index contributed by atoms with van der Waals surface area (Å²) in [5.74, 6) is 0.734. The van der Waals surface area contributed by atoms with Crippen molar-refractivity contribution < 1.29 is 12.8 Å². The molecule has 1 N–H and O–H groups in total. The minimum atomic E-state index is -3.15. The van der Waals surface area contributed by atoms with Crippen LogP contribution in [0.4, 0.5) is 0 Å². The third kappa shape index (κ3) is 2.10. The molecule has 1 aliphatic rings. The molecule has 7 heteroatoms.